The third-order valence-electron chi connectivity index (χ3n) is 4.62. The molecule has 0 saturated carbocycles. The van der Waals surface area contributed by atoms with Gasteiger partial charge >= 0.3 is 6.18 Å². The molecule has 1 aromatic carbocycles. The second kappa shape index (κ2) is 7.45. The summed E-state index contributed by atoms with van der Waals surface area (Å²) >= 11 is 0. The van der Waals surface area contributed by atoms with E-state index in [4.69, 9.17) is 5.73 Å². The van der Waals surface area contributed by atoms with Gasteiger partial charge in [-0.15, -0.1) is 0 Å². The lowest BCUT2D eigenvalue weighted by atomic mass is 9.89. The van der Waals surface area contributed by atoms with E-state index in [0.29, 0.717) is 18.5 Å². The van der Waals surface area contributed by atoms with Crippen LogP contribution in [0.15, 0.2) is 12.1 Å². The number of nitrogens with zero attached hydrogens (tertiary/aromatic N) is 1. The molecule has 0 radical (unpaired) electrons. The predicted octanol–water partition coefficient (Wildman–Crippen LogP) is 3.77. The van der Waals surface area contributed by atoms with Crippen molar-refractivity contribution < 1.29 is 22.8 Å². The second-order valence-electron chi connectivity index (χ2n) is 6.39. The molecule has 1 aromatic rings. The van der Waals surface area contributed by atoms with Gasteiger partial charge in [-0.1, -0.05) is 26.7 Å². The number of benzene rings is 1. The minimum absolute atomic E-state index is 0.00206. The van der Waals surface area contributed by atoms with Crippen molar-refractivity contribution in [2.24, 2.45) is 5.73 Å². The van der Waals surface area contributed by atoms with Crippen LogP contribution in [0.3, 0.4) is 0 Å². The highest BCUT2D eigenvalue weighted by molar-refractivity contribution is 6.03. The largest absolute Gasteiger partial charge is 0.416 e. The van der Waals surface area contributed by atoms with Crippen LogP contribution in [0.4, 0.5) is 13.2 Å². The lowest BCUT2D eigenvalue weighted by Gasteiger charge is -2.36. The Morgan fingerprint density at radius 3 is 2.32 bits per heavy atom. The Morgan fingerprint density at radius 2 is 1.84 bits per heavy atom. The smallest absolute Gasteiger partial charge is 0.366 e. The summed E-state index contributed by atoms with van der Waals surface area (Å²) < 4.78 is 39.4. The highest BCUT2D eigenvalue weighted by atomic mass is 19.4. The van der Waals surface area contributed by atoms with Crippen molar-refractivity contribution in [3.05, 3.63) is 34.4 Å². The summed E-state index contributed by atoms with van der Waals surface area (Å²) in [5.41, 5.74) is 4.31. The Hall–Kier alpha value is -2.05. The summed E-state index contributed by atoms with van der Waals surface area (Å²) in [5, 5.41) is 0. The number of alkyl halides is 3. The minimum Gasteiger partial charge on any atom is -0.366 e. The molecule has 1 aliphatic rings. The van der Waals surface area contributed by atoms with Gasteiger partial charge in [0.15, 0.2) is 0 Å². The first-order chi connectivity index (χ1) is 11.7. The molecule has 0 fully saturated rings. The fourth-order valence-electron chi connectivity index (χ4n) is 3.48. The first-order valence-electron chi connectivity index (χ1n) is 8.55. The number of nitrogens with two attached hydrogens (primary N) is 1. The Bertz CT molecular complexity index is 665. The zero-order valence-corrected chi connectivity index (χ0v) is 14.4. The van der Waals surface area contributed by atoms with Crippen LogP contribution in [0, 0.1) is 0 Å². The van der Waals surface area contributed by atoms with Gasteiger partial charge in [0.05, 0.1) is 5.56 Å². The summed E-state index contributed by atoms with van der Waals surface area (Å²) in [6.45, 7) is 4.41. The van der Waals surface area contributed by atoms with Crippen molar-refractivity contribution in [3.63, 3.8) is 0 Å². The number of hydrogen-bond acceptors (Lipinski definition) is 2. The van der Waals surface area contributed by atoms with E-state index in [0.717, 1.165) is 37.8 Å². The summed E-state index contributed by atoms with van der Waals surface area (Å²) in [6.07, 6.45) is -0.935. The van der Waals surface area contributed by atoms with Gasteiger partial charge in [0, 0.05) is 23.7 Å². The van der Waals surface area contributed by atoms with Gasteiger partial charge in [0.25, 0.3) is 5.91 Å². The van der Waals surface area contributed by atoms with Crippen LogP contribution >= 0.6 is 0 Å². The van der Waals surface area contributed by atoms with Crippen molar-refractivity contribution in [2.75, 3.05) is 6.54 Å². The Kier molecular flexibility index (Phi) is 5.75. The molecule has 0 spiro atoms. The number of fused-ring (bicyclic) bond motifs is 1. The lowest BCUT2D eigenvalue weighted by Crippen LogP contribution is -2.45. The van der Waals surface area contributed by atoms with Gasteiger partial charge < -0.3 is 10.6 Å². The van der Waals surface area contributed by atoms with Gasteiger partial charge in [0.1, 0.15) is 0 Å². The molecule has 0 saturated heterocycles. The van der Waals surface area contributed by atoms with Gasteiger partial charge in [-0.25, -0.2) is 0 Å². The van der Waals surface area contributed by atoms with E-state index in [9.17, 15) is 22.8 Å². The Morgan fingerprint density at radius 1 is 1.24 bits per heavy atom. The van der Waals surface area contributed by atoms with Crippen LogP contribution in [0.5, 0.6) is 0 Å². The van der Waals surface area contributed by atoms with Gasteiger partial charge in [-0.3, -0.25) is 9.59 Å². The van der Waals surface area contributed by atoms with Crippen LogP contribution < -0.4 is 5.73 Å². The van der Waals surface area contributed by atoms with E-state index in [-0.39, 0.29) is 17.2 Å². The first-order valence-corrected chi connectivity index (χ1v) is 8.55. The number of hydrogen-bond donors (Lipinski definition) is 1. The summed E-state index contributed by atoms with van der Waals surface area (Å²) in [4.78, 5) is 26.1. The van der Waals surface area contributed by atoms with Crippen LogP contribution in [-0.4, -0.2) is 29.3 Å². The van der Waals surface area contributed by atoms with E-state index in [2.05, 4.69) is 0 Å². The van der Waals surface area contributed by atoms with Crippen molar-refractivity contribution >= 4 is 11.8 Å². The maximum Gasteiger partial charge on any atom is 0.416 e. The average Bonchev–Trinajstić information content (AvgIpc) is 2.53. The highest BCUT2D eigenvalue weighted by Gasteiger charge is 2.37. The molecule has 138 valence electrons. The fraction of sp³-hybridized carbons (Fsp3) is 0.556. The van der Waals surface area contributed by atoms with Crippen molar-refractivity contribution in [1.82, 2.24) is 4.90 Å². The van der Waals surface area contributed by atoms with E-state index < -0.39 is 23.6 Å². The van der Waals surface area contributed by atoms with Crippen LogP contribution in [0.2, 0.25) is 0 Å². The molecule has 0 aliphatic carbocycles. The second-order valence-corrected chi connectivity index (χ2v) is 6.39. The molecule has 0 bridgehead atoms. The van der Waals surface area contributed by atoms with E-state index in [1.54, 1.807) is 4.90 Å². The van der Waals surface area contributed by atoms with Crippen molar-refractivity contribution in [3.8, 4) is 0 Å². The monoisotopic (exact) mass is 356 g/mol. The van der Waals surface area contributed by atoms with E-state index >= 15 is 0 Å². The third-order valence-corrected chi connectivity index (χ3v) is 4.62. The molecule has 25 heavy (non-hydrogen) atoms. The molecule has 7 heteroatoms. The van der Waals surface area contributed by atoms with Gasteiger partial charge in [-0.05, 0) is 37.0 Å². The molecular weight excluding hydrogens is 333 g/mol. The maximum atomic E-state index is 13.1. The molecule has 0 unspecified atom stereocenters. The van der Waals surface area contributed by atoms with Gasteiger partial charge in [0.2, 0.25) is 5.91 Å². The normalized spacial score (nSPS) is 14.8. The van der Waals surface area contributed by atoms with Crippen LogP contribution in [0.25, 0.3) is 0 Å². The number of rotatable bonds is 6. The van der Waals surface area contributed by atoms with Crippen molar-refractivity contribution in [2.45, 2.75) is 58.2 Å². The quantitative estimate of drug-likeness (QED) is 0.843. The standard InChI is InChI=1S/C18H23F3N2O2/c1-3-5-12(6-4-2)23-8-7-13-14(16(22)24)9-11(18(19,20)21)10-15(13)17(23)25/h9-10,12H,3-8H2,1-2H3,(H2,22,24). The average molecular weight is 356 g/mol. The van der Waals surface area contributed by atoms with E-state index in [1.165, 1.54) is 0 Å². The van der Waals surface area contributed by atoms with Gasteiger partial charge in [-0.2, -0.15) is 13.2 Å². The third kappa shape index (κ3) is 3.96. The molecule has 2 amide bonds. The summed E-state index contributed by atoms with van der Waals surface area (Å²) in [7, 11) is 0. The predicted molar refractivity (Wildman–Crippen MR) is 88.3 cm³/mol. The number of carbonyl (C=O) groups is 2. The molecule has 0 aromatic heterocycles. The fourth-order valence-corrected chi connectivity index (χ4v) is 3.48. The lowest BCUT2D eigenvalue weighted by molar-refractivity contribution is -0.137. The number of carbonyl (C=O) groups excluding carboxylic acids is 2. The molecular formula is C18H23F3N2O2. The number of primary amides is 1. The van der Waals surface area contributed by atoms with E-state index in [1.807, 2.05) is 13.8 Å². The molecule has 2 rings (SSSR count). The molecule has 0 atom stereocenters. The zero-order valence-electron chi connectivity index (χ0n) is 14.4. The molecule has 1 aliphatic heterocycles. The van der Waals surface area contributed by atoms with Crippen molar-refractivity contribution in [1.29, 1.82) is 0 Å². The zero-order chi connectivity index (χ0) is 18.8. The molecule has 4 nitrogen and oxygen atoms in total. The number of halogens is 3. The highest BCUT2D eigenvalue weighted by Crippen LogP contribution is 2.35. The molecule has 1 heterocycles. The maximum absolute atomic E-state index is 13.1. The summed E-state index contributed by atoms with van der Waals surface area (Å²) in [6, 6.07) is 1.60. The SMILES string of the molecule is CCCC(CCC)N1CCc2c(C(N)=O)cc(C(F)(F)F)cc2C1=O. The minimum atomic E-state index is -4.64. The molecule has 2 N–H and O–H groups in total. The Balaban J connectivity index is 2.51. The van der Waals surface area contributed by atoms with Crippen LogP contribution in [0.1, 0.15) is 71.4 Å². The summed E-state index contributed by atoms with van der Waals surface area (Å²) in [5.74, 6) is -1.39. The Labute approximate surface area is 145 Å². The number of amides is 2. The first kappa shape index (κ1) is 19.3. The van der Waals surface area contributed by atoms with Crippen LogP contribution in [-0.2, 0) is 12.6 Å². The topological polar surface area (TPSA) is 63.4 Å².